The van der Waals surface area contributed by atoms with E-state index in [1.807, 2.05) is 66.7 Å². The van der Waals surface area contributed by atoms with Gasteiger partial charge in [-0.15, -0.1) is 0 Å². The predicted molar refractivity (Wildman–Crippen MR) is 89.2 cm³/mol. The number of aromatic nitrogens is 1. The second kappa shape index (κ2) is 5.92. The molecular weight excluding hydrogens is 254 g/mol. The number of benzene rings is 2. The SMILES string of the molecule is [2H]C([2H])([2H])C(C)c1cc(-c2ccccc2)ncc1-c1ccccc1. The number of hydrogen-bond donors (Lipinski definition) is 0. The van der Waals surface area contributed by atoms with Gasteiger partial charge in [0.15, 0.2) is 0 Å². The van der Waals surface area contributed by atoms with Crippen LogP contribution >= 0.6 is 0 Å². The Labute approximate surface area is 130 Å². The van der Waals surface area contributed by atoms with Crippen molar-refractivity contribution in [2.75, 3.05) is 0 Å². The lowest BCUT2D eigenvalue weighted by atomic mass is 9.93. The third kappa shape index (κ3) is 2.87. The Balaban J connectivity index is 2.16. The Morgan fingerprint density at radius 2 is 1.52 bits per heavy atom. The summed E-state index contributed by atoms with van der Waals surface area (Å²) in [4.78, 5) is 4.57. The molecule has 0 amide bonds. The van der Waals surface area contributed by atoms with Gasteiger partial charge in [-0.1, -0.05) is 74.4 Å². The third-order valence-corrected chi connectivity index (χ3v) is 3.56. The first-order valence-electron chi connectivity index (χ1n) is 8.57. The first kappa shape index (κ1) is 10.3. The Bertz CT molecular complexity index is 811. The maximum absolute atomic E-state index is 7.82. The highest BCUT2D eigenvalue weighted by molar-refractivity contribution is 5.71. The number of rotatable bonds is 3. The van der Waals surface area contributed by atoms with Crippen molar-refractivity contribution in [3.63, 3.8) is 0 Å². The van der Waals surface area contributed by atoms with Gasteiger partial charge in [-0.3, -0.25) is 4.98 Å². The van der Waals surface area contributed by atoms with Gasteiger partial charge in [-0.2, -0.15) is 0 Å². The van der Waals surface area contributed by atoms with Gasteiger partial charge in [0.2, 0.25) is 0 Å². The van der Waals surface area contributed by atoms with Crippen molar-refractivity contribution in [3.8, 4) is 22.4 Å². The topological polar surface area (TPSA) is 12.9 Å². The van der Waals surface area contributed by atoms with Gasteiger partial charge >= 0.3 is 0 Å². The summed E-state index contributed by atoms with van der Waals surface area (Å²) in [7, 11) is 0. The van der Waals surface area contributed by atoms with Crippen LogP contribution in [-0.2, 0) is 0 Å². The standard InChI is InChI=1S/C20H19N/c1-15(2)18-13-20(17-11-7-4-8-12-17)21-14-19(18)16-9-5-3-6-10-16/h3-15H,1-2H3/i1D3. The van der Waals surface area contributed by atoms with Crippen molar-refractivity contribution < 1.29 is 4.11 Å². The van der Waals surface area contributed by atoms with E-state index in [2.05, 4.69) is 4.98 Å². The Morgan fingerprint density at radius 3 is 2.14 bits per heavy atom. The van der Waals surface area contributed by atoms with Gasteiger partial charge in [0.25, 0.3) is 0 Å². The van der Waals surface area contributed by atoms with E-state index >= 15 is 0 Å². The molecular formula is C20H19N. The molecule has 104 valence electrons. The van der Waals surface area contributed by atoms with Crippen LogP contribution in [0.1, 0.15) is 29.4 Å². The first-order chi connectivity index (χ1) is 11.5. The zero-order chi connectivity index (χ0) is 17.2. The average Bonchev–Trinajstić information content (AvgIpc) is 2.61. The summed E-state index contributed by atoms with van der Waals surface area (Å²) < 4.78 is 23.5. The summed E-state index contributed by atoms with van der Waals surface area (Å²) in [5, 5.41) is 0. The summed E-state index contributed by atoms with van der Waals surface area (Å²) >= 11 is 0. The van der Waals surface area contributed by atoms with E-state index in [4.69, 9.17) is 4.11 Å². The van der Waals surface area contributed by atoms with Gasteiger partial charge in [0.1, 0.15) is 0 Å². The van der Waals surface area contributed by atoms with Crippen molar-refractivity contribution >= 4 is 0 Å². The lowest BCUT2D eigenvalue weighted by molar-refractivity contribution is 0.866. The van der Waals surface area contributed by atoms with Crippen molar-refractivity contribution in [2.24, 2.45) is 0 Å². The quantitative estimate of drug-likeness (QED) is 0.612. The Kier molecular flexibility index (Phi) is 2.92. The molecule has 1 unspecified atom stereocenters. The summed E-state index contributed by atoms with van der Waals surface area (Å²) in [6, 6.07) is 21.5. The zero-order valence-corrected chi connectivity index (χ0v) is 12.0. The number of nitrogens with zero attached hydrogens (tertiary/aromatic N) is 1. The van der Waals surface area contributed by atoms with Gasteiger partial charge in [0, 0.05) is 21.4 Å². The van der Waals surface area contributed by atoms with E-state index < -0.39 is 12.8 Å². The van der Waals surface area contributed by atoms with E-state index in [-0.39, 0.29) is 0 Å². The Hall–Kier alpha value is -2.41. The molecule has 0 radical (unpaired) electrons. The molecule has 21 heavy (non-hydrogen) atoms. The van der Waals surface area contributed by atoms with Crippen molar-refractivity contribution in [1.29, 1.82) is 0 Å². The molecule has 1 heterocycles. The van der Waals surface area contributed by atoms with Crippen LogP contribution < -0.4 is 0 Å². The molecule has 0 aliphatic rings. The highest BCUT2D eigenvalue weighted by Gasteiger charge is 2.11. The maximum atomic E-state index is 7.82. The van der Waals surface area contributed by atoms with Crippen LogP contribution in [0.25, 0.3) is 22.4 Å². The molecule has 0 N–H and O–H groups in total. The van der Waals surface area contributed by atoms with Crippen LogP contribution in [0.15, 0.2) is 72.9 Å². The molecule has 0 bridgehead atoms. The summed E-state index contributed by atoms with van der Waals surface area (Å²) in [6.07, 6.45) is 1.79. The third-order valence-electron chi connectivity index (χ3n) is 3.56. The molecule has 1 aromatic heterocycles. The fourth-order valence-electron chi connectivity index (χ4n) is 2.45. The molecule has 0 aliphatic heterocycles. The zero-order valence-electron chi connectivity index (χ0n) is 15.0. The van der Waals surface area contributed by atoms with Crippen molar-refractivity contribution in [2.45, 2.75) is 19.7 Å². The molecule has 0 saturated carbocycles. The monoisotopic (exact) mass is 276 g/mol. The normalized spacial score (nSPS) is 14.8. The molecule has 0 spiro atoms. The largest absolute Gasteiger partial charge is 0.256 e. The predicted octanol–water partition coefficient (Wildman–Crippen LogP) is 5.54. The molecule has 1 nitrogen and oxygen atoms in total. The molecule has 3 rings (SSSR count). The Morgan fingerprint density at radius 1 is 0.905 bits per heavy atom. The molecule has 1 heteroatoms. The second-order valence-corrected chi connectivity index (χ2v) is 5.11. The molecule has 0 aliphatic carbocycles. The van der Waals surface area contributed by atoms with Crippen LogP contribution in [-0.4, -0.2) is 4.98 Å². The maximum Gasteiger partial charge on any atom is 0.0705 e. The number of hydrogen-bond acceptors (Lipinski definition) is 1. The lowest BCUT2D eigenvalue weighted by Gasteiger charge is -2.14. The van der Waals surface area contributed by atoms with E-state index in [0.717, 1.165) is 27.9 Å². The average molecular weight is 276 g/mol. The molecule has 0 fully saturated rings. The first-order valence-corrected chi connectivity index (χ1v) is 7.07. The molecule has 0 saturated heterocycles. The van der Waals surface area contributed by atoms with Crippen molar-refractivity contribution in [3.05, 3.63) is 78.5 Å². The highest BCUT2D eigenvalue weighted by Crippen LogP contribution is 2.31. The van der Waals surface area contributed by atoms with Crippen LogP contribution in [0.2, 0.25) is 0 Å². The molecule has 1 atom stereocenters. The fraction of sp³-hybridized carbons (Fsp3) is 0.150. The van der Waals surface area contributed by atoms with E-state index in [0.29, 0.717) is 0 Å². The van der Waals surface area contributed by atoms with Gasteiger partial charge < -0.3 is 0 Å². The van der Waals surface area contributed by atoms with Crippen LogP contribution in [0.4, 0.5) is 0 Å². The van der Waals surface area contributed by atoms with Crippen LogP contribution in [0.3, 0.4) is 0 Å². The lowest BCUT2D eigenvalue weighted by Crippen LogP contribution is -1.96. The molecule has 3 aromatic rings. The van der Waals surface area contributed by atoms with Gasteiger partial charge in [0.05, 0.1) is 5.69 Å². The summed E-state index contributed by atoms with van der Waals surface area (Å²) in [5.41, 5.74) is 4.43. The smallest absolute Gasteiger partial charge is 0.0705 e. The second-order valence-electron chi connectivity index (χ2n) is 5.11. The minimum Gasteiger partial charge on any atom is -0.256 e. The molecule has 2 aromatic carbocycles. The fourth-order valence-corrected chi connectivity index (χ4v) is 2.45. The van der Waals surface area contributed by atoms with Gasteiger partial charge in [-0.05, 0) is 23.1 Å². The van der Waals surface area contributed by atoms with Crippen LogP contribution in [0.5, 0.6) is 0 Å². The van der Waals surface area contributed by atoms with Gasteiger partial charge in [-0.25, -0.2) is 0 Å². The minimum absolute atomic E-state index is 0.571. The summed E-state index contributed by atoms with van der Waals surface area (Å²) in [5.74, 6) is -0.571. The number of pyridine rings is 1. The minimum atomic E-state index is -2.06. The van der Waals surface area contributed by atoms with Crippen LogP contribution in [0, 0.1) is 0 Å². The van der Waals surface area contributed by atoms with E-state index in [1.165, 1.54) is 0 Å². The highest BCUT2D eigenvalue weighted by atomic mass is 14.7. The van der Waals surface area contributed by atoms with Crippen molar-refractivity contribution in [1.82, 2.24) is 4.98 Å². The van der Waals surface area contributed by atoms with E-state index in [9.17, 15) is 0 Å². The van der Waals surface area contributed by atoms with E-state index in [1.54, 1.807) is 13.1 Å². The summed E-state index contributed by atoms with van der Waals surface area (Å²) in [6.45, 7) is -0.303.